The first kappa shape index (κ1) is 13.9. The van der Waals surface area contributed by atoms with E-state index in [-0.39, 0.29) is 17.7 Å². The first-order valence-electron chi connectivity index (χ1n) is 5.15. The number of nitrogens with two attached hydrogens (primary N) is 2. The highest BCUT2D eigenvalue weighted by Crippen LogP contribution is 2.17. The van der Waals surface area contributed by atoms with E-state index >= 15 is 0 Å². The number of nitrogens with one attached hydrogen (secondary N) is 1. The summed E-state index contributed by atoms with van der Waals surface area (Å²) in [5.74, 6) is -3.58. The van der Waals surface area contributed by atoms with Gasteiger partial charge in [-0.15, -0.1) is 0 Å². The second kappa shape index (κ2) is 5.44. The van der Waals surface area contributed by atoms with Crippen LogP contribution in [0.15, 0.2) is 12.1 Å². The van der Waals surface area contributed by atoms with Crippen LogP contribution in [0, 0.1) is 11.6 Å². The highest BCUT2D eigenvalue weighted by molar-refractivity contribution is 5.99. The van der Waals surface area contributed by atoms with Crippen molar-refractivity contribution in [3.8, 4) is 0 Å². The van der Waals surface area contributed by atoms with Gasteiger partial charge in [0.15, 0.2) is 11.6 Å². The average Bonchev–Trinajstić information content (AvgIpc) is 2.21. The molecular formula is C11H13F2N3O2. The summed E-state index contributed by atoms with van der Waals surface area (Å²) in [6, 6.07) is 0.905. The van der Waals surface area contributed by atoms with Gasteiger partial charge < -0.3 is 16.8 Å². The Hall–Kier alpha value is -2.18. The van der Waals surface area contributed by atoms with E-state index in [2.05, 4.69) is 5.32 Å². The summed E-state index contributed by atoms with van der Waals surface area (Å²) < 4.78 is 25.8. The van der Waals surface area contributed by atoms with Crippen molar-refractivity contribution in [3.63, 3.8) is 0 Å². The molecule has 2 amide bonds. The molecular weight excluding hydrogens is 244 g/mol. The van der Waals surface area contributed by atoms with Crippen LogP contribution in [0.2, 0.25) is 0 Å². The monoisotopic (exact) mass is 257 g/mol. The molecule has 18 heavy (non-hydrogen) atoms. The molecule has 0 fully saturated rings. The Morgan fingerprint density at radius 2 is 1.89 bits per heavy atom. The third kappa shape index (κ3) is 3.41. The number of amides is 2. The zero-order valence-corrected chi connectivity index (χ0v) is 9.67. The van der Waals surface area contributed by atoms with E-state index in [4.69, 9.17) is 11.5 Å². The summed E-state index contributed by atoms with van der Waals surface area (Å²) in [5, 5.41) is 2.41. The summed E-state index contributed by atoms with van der Waals surface area (Å²) in [5.41, 5.74) is 9.99. The van der Waals surface area contributed by atoms with Crippen molar-refractivity contribution in [2.45, 2.75) is 19.4 Å². The van der Waals surface area contributed by atoms with Crippen LogP contribution < -0.4 is 16.8 Å². The third-order valence-corrected chi connectivity index (χ3v) is 2.22. The van der Waals surface area contributed by atoms with Gasteiger partial charge in [0.25, 0.3) is 5.91 Å². The molecule has 1 aromatic carbocycles. The SMILES string of the molecule is CC(CC(N)=O)NC(=O)c1cc(F)c(F)cc1N. The van der Waals surface area contributed by atoms with Crippen molar-refractivity contribution in [2.24, 2.45) is 5.73 Å². The standard InChI is InChI=1S/C11H13F2N3O2/c1-5(2-10(15)17)16-11(18)6-3-7(12)8(13)4-9(6)14/h3-5H,2,14H2,1H3,(H2,15,17)(H,16,18). The van der Waals surface area contributed by atoms with Crippen molar-refractivity contribution in [1.29, 1.82) is 0 Å². The number of halogens is 2. The molecule has 0 spiro atoms. The Kier molecular flexibility index (Phi) is 4.19. The second-order valence-electron chi connectivity index (χ2n) is 3.90. The molecule has 0 aliphatic carbocycles. The van der Waals surface area contributed by atoms with Crippen molar-refractivity contribution in [1.82, 2.24) is 5.32 Å². The highest BCUT2D eigenvalue weighted by Gasteiger charge is 2.16. The molecule has 7 heteroatoms. The molecule has 98 valence electrons. The fourth-order valence-corrected chi connectivity index (χ4v) is 1.41. The first-order chi connectivity index (χ1) is 8.31. The van der Waals surface area contributed by atoms with Gasteiger partial charge in [-0.2, -0.15) is 0 Å². The third-order valence-electron chi connectivity index (χ3n) is 2.22. The fourth-order valence-electron chi connectivity index (χ4n) is 1.41. The Bertz CT molecular complexity index is 491. The van der Waals surface area contributed by atoms with Gasteiger partial charge in [0.1, 0.15) is 0 Å². The van der Waals surface area contributed by atoms with Crippen LogP contribution in [0.1, 0.15) is 23.7 Å². The van der Waals surface area contributed by atoms with Crippen LogP contribution in [0.4, 0.5) is 14.5 Å². The summed E-state index contributed by atoms with van der Waals surface area (Å²) in [7, 11) is 0. The molecule has 0 radical (unpaired) electrons. The van der Waals surface area contributed by atoms with E-state index in [1.807, 2.05) is 0 Å². The summed E-state index contributed by atoms with van der Waals surface area (Å²) in [4.78, 5) is 22.3. The number of primary amides is 1. The number of benzene rings is 1. The normalized spacial score (nSPS) is 11.9. The molecule has 0 heterocycles. The molecule has 1 atom stereocenters. The Morgan fingerprint density at radius 3 is 2.44 bits per heavy atom. The molecule has 0 aliphatic heterocycles. The van der Waals surface area contributed by atoms with E-state index < -0.39 is 29.5 Å². The molecule has 1 unspecified atom stereocenters. The van der Waals surface area contributed by atoms with Crippen molar-refractivity contribution in [2.75, 3.05) is 5.73 Å². The van der Waals surface area contributed by atoms with Crippen LogP contribution in [0.3, 0.4) is 0 Å². The number of hydrogen-bond donors (Lipinski definition) is 3. The topological polar surface area (TPSA) is 98.2 Å². The molecule has 5 N–H and O–H groups in total. The van der Waals surface area contributed by atoms with Gasteiger partial charge in [-0.1, -0.05) is 0 Å². The lowest BCUT2D eigenvalue weighted by atomic mass is 10.1. The molecule has 1 rings (SSSR count). The summed E-state index contributed by atoms with van der Waals surface area (Å²) in [6.07, 6.45) is -0.0602. The van der Waals surface area contributed by atoms with E-state index in [1.54, 1.807) is 6.92 Å². The van der Waals surface area contributed by atoms with E-state index in [0.29, 0.717) is 6.07 Å². The first-order valence-corrected chi connectivity index (χ1v) is 5.15. The average molecular weight is 257 g/mol. The van der Waals surface area contributed by atoms with Gasteiger partial charge in [-0.25, -0.2) is 8.78 Å². The van der Waals surface area contributed by atoms with E-state index in [9.17, 15) is 18.4 Å². The zero-order chi connectivity index (χ0) is 13.9. The molecule has 0 saturated carbocycles. The van der Waals surface area contributed by atoms with Gasteiger partial charge in [0.2, 0.25) is 5.91 Å². The number of carbonyl (C=O) groups is 2. The highest BCUT2D eigenvalue weighted by atomic mass is 19.2. The Balaban J connectivity index is 2.85. The van der Waals surface area contributed by atoms with Gasteiger partial charge in [-0.05, 0) is 13.0 Å². The van der Waals surface area contributed by atoms with Gasteiger partial charge in [0, 0.05) is 24.2 Å². The number of anilines is 1. The van der Waals surface area contributed by atoms with Gasteiger partial charge in [-0.3, -0.25) is 9.59 Å². The second-order valence-corrected chi connectivity index (χ2v) is 3.90. The van der Waals surface area contributed by atoms with Crippen LogP contribution >= 0.6 is 0 Å². The number of rotatable bonds is 4. The van der Waals surface area contributed by atoms with Crippen LogP contribution in [0.25, 0.3) is 0 Å². The van der Waals surface area contributed by atoms with Crippen LogP contribution in [-0.4, -0.2) is 17.9 Å². The van der Waals surface area contributed by atoms with Crippen molar-refractivity contribution >= 4 is 17.5 Å². The summed E-state index contributed by atoms with van der Waals surface area (Å²) in [6.45, 7) is 1.55. The molecule has 5 nitrogen and oxygen atoms in total. The van der Waals surface area contributed by atoms with Gasteiger partial charge in [0.05, 0.1) is 5.56 Å². The minimum atomic E-state index is -1.17. The molecule has 1 aromatic rings. The maximum atomic E-state index is 13.0. The van der Waals surface area contributed by atoms with Crippen LogP contribution in [-0.2, 0) is 4.79 Å². The largest absolute Gasteiger partial charge is 0.398 e. The minimum absolute atomic E-state index is 0.0602. The smallest absolute Gasteiger partial charge is 0.253 e. The lowest BCUT2D eigenvalue weighted by Gasteiger charge is -2.13. The number of carbonyl (C=O) groups excluding carboxylic acids is 2. The predicted octanol–water partition coefficient (Wildman–Crippen LogP) is 0.541. The number of hydrogen-bond acceptors (Lipinski definition) is 3. The molecule has 0 aromatic heterocycles. The minimum Gasteiger partial charge on any atom is -0.398 e. The van der Waals surface area contributed by atoms with Crippen molar-refractivity contribution < 1.29 is 18.4 Å². The lowest BCUT2D eigenvalue weighted by Crippen LogP contribution is -2.36. The van der Waals surface area contributed by atoms with Crippen LogP contribution in [0.5, 0.6) is 0 Å². The maximum absolute atomic E-state index is 13.0. The molecule has 0 aliphatic rings. The quantitative estimate of drug-likeness (QED) is 0.686. The Morgan fingerprint density at radius 1 is 1.33 bits per heavy atom. The maximum Gasteiger partial charge on any atom is 0.253 e. The fraction of sp³-hybridized carbons (Fsp3) is 0.273. The number of nitrogen functional groups attached to an aromatic ring is 1. The predicted molar refractivity (Wildman–Crippen MR) is 61.5 cm³/mol. The summed E-state index contributed by atoms with van der Waals surface area (Å²) >= 11 is 0. The van der Waals surface area contributed by atoms with E-state index in [1.165, 1.54) is 0 Å². The Labute approximate surface area is 102 Å². The molecule has 0 bridgehead atoms. The van der Waals surface area contributed by atoms with Gasteiger partial charge >= 0.3 is 0 Å². The van der Waals surface area contributed by atoms with Crippen molar-refractivity contribution in [3.05, 3.63) is 29.3 Å². The van der Waals surface area contributed by atoms with E-state index in [0.717, 1.165) is 6.07 Å². The lowest BCUT2D eigenvalue weighted by molar-refractivity contribution is -0.118. The zero-order valence-electron chi connectivity index (χ0n) is 9.67. The molecule has 0 saturated heterocycles.